The standard InChI is InChI=1S/C15H19N5O/c1-11(8-16-15(21)19-13-9-17-18-10-13)20-7-6-12-4-2-3-5-14(12)20/h2-5,9-11H,6-8H2,1H3,(H,17,18)(H2,16,19,21)/t11-/m0/s1. The number of aromatic nitrogens is 2. The zero-order valence-electron chi connectivity index (χ0n) is 12.0. The summed E-state index contributed by atoms with van der Waals surface area (Å²) in [6, 6.07) is 8.48. The number of H-pyrrole nitrogens is 1. The molecule has 6 nitrogen and oxygen atoms in total. The molecule has 0 saturated carbocycles. The lowest BCUT2D eigenvalue weighted by Gasteiger charge is -2.27. The molecular formula is C15H19N5O. The van der Waals surface area contributed by atoms with Gasteiger partial charge in [0.1, 0.15) is 0 Å². The molecule has 0 saturated heterocycles. The first kappa shape index (κ1) is 13.5. The molecule has 3 N–H and O–H groups in total. The molecule has 3 rings (SSSR count). The zero-order valence-corrected chi connectivity index (χ0v) is 12.0. The van der Waals surface area contributed by atoms with Crippen molar-refractivity contribution in [1.82, 2.24) is 15.5 Å². The average Bonchev–Trinajstić information content (AvgIpc) is 3.13. The Balaban J connectivity index is 1.53. The van der Waals surface area contributed by atoms with Gasteiger partial charge >= 0.3 is 6.03 Å². The number of carbonyl (C=O) groups excluding carboxylic acids is 1. The van der Waals surface area contributed by atoms with Gasteiger partial charge in [-0.25, -0.2) is 4.79 Å². The van der Waals surface area contributed by atoms with E-state index in [9.17, 15) is 4.79 Å². The number of fused-ring (bicyclic) bond motifs is 1. The number of rotatable bonds is 4. The van der Waals surface area contributed by atoms with Gasteiger partial charge in [0.25, 0.3) is 0 Å². The lowest BCUT2D eigenvalue weighted by Crippen LogP contribution is -2.42. The predicted molar refractivity (Wildman–Crippen MR) is 82.6 cm³/mol. The normalized spacial score (nSPS) is 14.6. The van der Waals surface area contributed by atoms with Crippen molar-refractivity contribution >= 4 is 17.4 Å². The minimum atomic E-state index is -0.212. The Morgan fingerprint density at radius 3 is 3.14 bits per heavy atom. The molecule has 1 aromatic heterocycles. The van der Waals surface area contributed by atoms with Crippen LogP contribution in [-0.2, 0) is 6.42 Å². The van der Waals surface area contributed by atoms with E-state index in [0.29, 0.717) is 12.2 Å². The summed E-state index contributed by atoms with van der Waals surface area (Å²) in [5.74, 6) is 0. The second-order valence-corrected chi connectivity index (χ2v) is 5.24. The van der Waals surface area contributed by atoms with Gasteiger partial charge < -0.3 is 15.5 Å². The molecule has 0 radical (unpaired) electrons. The molecule has 2 aromatic rings. The van der Waals surface area contributed by atoms with Gasteiger partial charge in [-0.1, -0.05) is 18.2 Å². The van der Waals surface area contributed by atoms with Crippen molar-refractivity contribution in [2.45, 2.75) is 19.4 Å². The fourth-order valence-corrected chi connectivity index (χ4v) is 2.67. The SMILES string of the molecule is C[C@@H](CNC(=O)Nc1cn[nH]c1)N1CCc2ccccc21. The van der Waals surface area contributed by atoms with Crippen molar-refractivity contribution in [3.8, 4) is 0 Å². The number of anilines is 2. The van der Waals surface area contributed by atoms with Crippen LogP contribution in [0.3, 0.4) is 0 Å². The molecule has 2 heterocycles. The highest BCUT2D eigenvalue weighted by Gasteiger charge is 2.22. The van der Waals surface area contributed by atoms with Gasteiger partial charge in [-0.3, -0.25) is 5.10 Å². The number of carbonyl (C=O) groups is 1. The Morgan fingerprint density at radius 2 is 2.33 bits per heavy atom. The maximum atomic E-state index is 11.8. The number of nitrogens with one attached hydrogen (secondary N) is 3. The van der Waals surface area contributed by atoms with Crippen molar-refractivity contribution in [2.75, 3.05) is 23.3 Å². The van der Waals surface area contributed by atoms with E-state index >= 15 is 0 Å². The maximum absolute atomic E-state index is 11.8. The van der Waals surface area contributed by atoms with Crippen LogP contribution in [0.4, 0.5) is 16.2 Å². The number of nitrogens with zero attached hydrogens (tertiary/aromatic N) is 2. The number of aromatic amines is 1. The smallest absolute Gasteiger partial charge is 0.319 e. The summed E-state index contributed by atoms with van der Waals surface area (Å²) in [7, 11) is 0. The number of amides is 2. The van der Waals surface area contributed by atoms with Crippen LogP contribution < -0.4 is 15.5 Å². The topological polar surface area (TPSA) is 73.0 Å². The highest BCUT2D eigenvalue weighted by Crippen LogP contribution is 2.28. The molecule has 1 aliphatic rings. The number of benzene rings is 1. The fourth-order valence-electron chi connectivity index (χ4n) is 2.67. The van der Waals surface area contributed by atoms with Crippen molar-refractivity contribution in [1.29, 1.82) is 0 Å². The molecule has 21 heavy (non-hydrogen) atoms. The van der Waals surface area contributed by atoms with E-state index < -0.39 is 0 Å². The number of hydrogen-bond donors (Lipinski definition) is 3. The van der Waals surface area contributed by atoms with E-state index in [2.05, 4.69) is 56.9 Å². The van der Waals surface area contributed by atoms with Crippen LogP contribution in [-0.4, -0.2) is 35.4 Å². The van der Waals surface area contributed by atoms with Crippen LogP contribution >= 0.6 is 0 Å². The lowest BCUT2D eigenvalue weighted by molar-refractivity contribution is 0.251. The summed E-state index contributed by atoms with van der Waals surface area (Å²) in [4.78, 5) is 14.1. The first-order valence-electron chi connectivity index (χ1n) is 7.12. The van der Waals surface area contributed by atoms with Crippen molar-refractivity contribution in [3.63, 3.8) is 0 Å². The molecule has 110 valence electrons. The van der Waals surface area contributed by atoms with E-state index in [1.165, 1.54) is 11.3 Å². The van der Waals surface area contributed by atoms with Gasteiger partial charge in [0.15, 0.2) is 0 Å². The molecule has 2 amide bonds. The third-order valence-electron chi connectivity index (χ3n) is 3.77. The molecular weight excluding hydrogens is 266 g/mol. The van der Waals surface area contributed by atoms with Gasteiger partial charge in [-0.15, -0.1) is 0 Å². The van der Waals surface area contributed by atoms with Crippen LogP contribution in [0.15, 0.2) is 36.7 Å². The molecule has 1 aromatic carbocycles. The van der Waals surface area contributed by atoms with Crippen LogP contribution in [0.5, 0.6) is 0 Å². The van der Waals surface area contributed by atoms with Gasteiger partial charge in [0.2, 0.25) is 0 Å². The fraction of sp³-hybridized carbons (Fsp3) is 0.333. The monoisotopic (exact) mass is 285 g/mol. The lowest BCUT2D eigenvalue weighted by atomic mass is 10.2. The number of urea groups is 1. The summed E-state index contributed by atoms with van der Waals surface area (Å²) in [5, 5.41) is 12.1. The summed E-state index contributed by atoms with van der Waals surface area (Å²) in [5.41, 5.74) is 3.32. The zero-order chi connectivity index (χ0) is 14.7. The molecule has 6 heteroatoms. The third-order valence-corrected chi connectivity index (χ3v) is 3.77. The number of hydrogen-bond acceptors (Lipinski definition) is 3. The predicted octanol–water partition coefficient (Wildman–Crippen LogP) is 1.98. The first-order chi connectivity index (χ1) is 10.2. The van der Waals surface area contributed by atoms with Crippen molar-refractivity contribution in [2.24, 2.45) is 0 Å². The highest BCUT2D eigenvalue weighted by molar-refractivity contribution is 5.88. The van der Waals surface area contributed by atoms with E-state index in [4.69, 9.17) is 0 Å². The molecule has 0 unspecified atom stereocenters. The highest BCUT2D eigenvalue weighted by atomic mass is 16.2. The maximum Gasteiger partial charge on any atom is 0.319 e. The summed E-state index contributed by atoms with van der Waals surface area (Å²) in [6.07, 6.45) is 4.28. The Kier molecular flexibility index (Phi) is 3.77. The number of para-hydroxylation sites is 1. The van der Waals surface area contributed by atoms with Crippen molar-refractivity contribution in [3.05, 3.63) is 42.2 Å². The molecule has 0 spiro atoms. The quantitative estimate of drug-likeness (QED) is 0.804. The Bertz CT molecular complexity index is 610. The van der Waals surface area contributed by atoms with Gasteiger partial charge in [-0.2, -0.15) is 5.10 Å². The van der Waals surface area contributed by atoms with E-state index in [0.717, 1.165) is 13.0 Å². The van der Waals surface area contributed by atoms with Crippen LogP contribution in [0.1, 0.15) is 12.5 Å². The second-order valence-electron chi connectivity index (χ2n) is 5.24. The molecule has 0 fully saturated rings. The molecule has 1 atom stereocenters. The average molecular weight is 285 g/mol. The van der Waals surface area contributed by atoms with Gasteiger partial charge in [0.05, 0.1) is 11.9 Å². The minimum Gasteiger partial charge on any atom is -0.366 e. The Hall–Kier alpha value is -2.50. The molecule has 0 bridgehead atoms. The van der Waals surface area contributed by atoms with Crippen molar-refractivity contribution < 1.29 is 4.79 Å². The second kappa shape index (κ2) is 5.87. The summed E-state index contributed by atoms with van der Waals surface area (Å²) in [6.45, 7) is 3.73. The Labute approximate surface area is 123 Å². The van der Waals surface area contributed by atoms with Crippen LogP contribution in [0.2, 0.25) is 0 Å². The first-order valence-corrected chi connectivity index (χ1v) is 7.12. The molecule has 1 aliphatic heterocycles. The minimum absolute atomic E-state index is 0.212. The summed E-state index contributed by atoms with van der Waals surface area (Å²) < 4.78 is 0. The summed E-state index contributed by atoms with van der Waals surface area (Å²) >= 11 is 0. The Morgan fingerprint density at radius 1 is 1.48 bits per heavy atom. The van der Waals surface area contributed by atoms with E-state index in [1.807, 2.05) is 0 Å². The third kappa shape index (κ3) is 2.99. The van der Waals surface area contributed by atoms with E-state index in [-0.39, 0.29) is 12.1 Å². The largest absolute Gasteiger partial charge is 0.366 e. The van der Waals surface area contributed by atoms with Crippen LogP contribution in [0, 0.1) is 0 Å². The van der Waals surface area contributed by atoms with Gasteiger partial charge in [0, 0.05) is 31.0 Å². The van der Waals surface area contributed by atoms with Gasteiger partial charge in [-0.05, 0) is 25.0 Å². The van der Waals surface area contributed by atoms with Crippen LogP contribution in [0.25, 0.3) is 0 Å². The molecule has 0 aliphatic carbocycles. The van der Waals surface area contributed by atoms with E-state index in [1.54, 1.807) is 12.4 Å².